The van der Waals surface area contributed by atoms with Crippen molar-refractivity contribution in [2.75, 3.05) is 0 Å². The SMILES string of the molecule is Cc1[nH]ncc1-c1ccc([N+](=O)[O-])cc1. The second-order valence-corrected chi connectivity index (χ2v) is 3.21. The predicted molar refractivity (Wildman–Crippen MR) is 55.4 cm³/mol. The molecule has 5 nitrogen and oxygen atoms in total. The summed E-state index contributed by atoms with van der Waals surface area (Å²) in [6.45, 7) is 1.91. The molecule has 1 N–H and O–H groups in total. The Morgan fingerprint density at radius 2 is 2.00 bits per heavy atom. The smallest absolute Gasteiger partial charge is 0.269 e. The van der Waals surface area contributed by atoms with E-state index in [1.807, 2.05) is 6.92 Å². The van der Waals surface area contributed by atoms with Gasteiger partial charge < -0.3 is 0 Å². The third-order valence-corrected chi connectivity index (χ3v) is 2.22. The molecule has 1 aromatic carbocycles. The van der Waals surface area contributed by atoms with E-state index in [1.165, 1.54) is 12.1 Å². The van der Waals surface area contributed by atoms with Crippen molar-refractivity contribution in [3.05, 3.63) is 46.3 Å². The third kappa shape index (κ3) is 1.71. The topological polar surface area (TPSA) is 71.8 Å². The minimum Gasteiger partial charge on any atom is -0.282 e. The summed E-state index contributed by atoms with van der Waals surface area (Å²) in [6, 6.07) is 6.41. The van der Waals surface area contributed by atoms with Gasteiger partial charge in [-0.2, -0.15) is 5.10 Å². The van der Waals surface area contributed by atoms with Crippen LogP contribution in [0.25, 0.3) is 11.1 Å². The van der Waals surface area contributed by atoms with Gasteiger partial charge in [0.05, 0.1) is 11.1 Å². The highest BCUT2D eigenvalue weighted by Crippen LogP contribution is 2.23. The largest absolute Gasteiger partial charge is 0.282 e. The zero-order chi connectivity index (χ0) is 10.8. The van der Waals surface area contributed by atoms with Gasteiger partial charge in [-0.15, -0.1) is 0 Å². The standard InChI is InChI=1S/C10H9N3O2/c1-7-10(6-11-12-7)8-2-4-9(5-3-8)13(14)15/h2-6H,1H3,(H,11,12). The second kappa shape index (κ2) is 3.53. The molecule has 0 atom stereocenters. The molecule has 15 heavy (non-hydrogen) atoms. The van der Waals surface area contributed by atoms with E-state index in [1.54, 1.807) is 18.3 Å². The van der Waals surface area contributed by atoms with E-state index in [0.29, 0.717) is 0 Å². The molecular formula is C10H9N3O2. The van der Waals surface area contributed by atoms with Gasteiger partial charge >= 0.3 is 0 Å². The Balaban J connectivity index is 2.40. The van der Waals surface area contributed by atoms with Crippen molar-refractivity contribution < 1.29 is 4.92 Å². The zero-order valence-corrected chi connectivity index (χ0v) is 8.10. The molecule has 1 heterocycles. The first-order chi connectivity index (χ1) is 7.18. The molecule has 2 aromatic rings. The summed E-state index contributed by atoms with van der Waals surface area (Å²) >= 11 is 0. The maximum Gasteiger partial charge on any atom is 0.269 e. The molecule has 0 saturated carbocycles. The van der Waals surface area contributed by atoms with E-state index < -0.39 is 4.92 Å². The van der Waals surface area contributed by atoms with Gasteiger partial charge in [0.2, 0.25) is 0 Å². The first-order valence-corrected chi connectivity index (χ1v) is 4.43. The van der Waals surface area contributed by atoms with Crippen LogP contribution < -0.4 is 0 Å². The van der Waals surface area contributed by atoms with E-state index in [9.17, 15) is 10.1 Å². The summed E-state index contributed by atoms with van der Waals surface area (Å²) in [4.78, 5) is 10.0. The summed E-state index contributed by atoms with van der Waals surface area (Å²) in [5, 5.41) is 17.2. The van der Waals surface area contributed by atoms with E-state index in [2.05, 4.69) is 10.2 Å². The zero-order valence-electron chi connectivity index (χ0n) is 8.10. The molecule has 76 valence electrons. The number of rotatable bonds is 2. The van der Waals surface area contributed by atoms with Gasteiger partial charge in [-0.1, -0.05) is 0 Å². The van der Waals surface area contributed by atoms with Gasteiger partial charge in [-0.3, -0.25) is 15.2 Å². The fourth-order valence-electron chi connectivity index (χ4n) is 1.40. The van der Waals surface area contributed by atoms with Gasteiger partial charge in [0.25, 0.3) is 5.69 Å². The number of hydrogen-bond acceptors (Lipinski definition) is 3. The van der Waals surface area contributed by atoms with Crippen LogP contribution in [0.5, 0.6) is 0 Å². The molecule has 0 bridgehead atoms. The van der Waals surface area contributed by atoms with Crippen LogP contribution in [0.2, 0.25) is 0 Å². The Hall–Kier alpha value is -2.17. The number of hydrogen-bond donors (Lipinski definition) is 1. The van der Waals surface area contributed by atoms with Gasteiger partial charge in [0.15, 0.2) is 0 Å². The van der Waals surface area contributed by atoms with Crippen molar-refractivity contribution in [3.63, 3.8) is 0 Å². The average molecular weight is 203 g/mol. The summed E-state index contributed by atoms with van der Waals surface area (Å²) in [7, 11) is 0. The molecule has 1 aromatic heterocycles. The number of nitrogens with one attached hydrogen (secondary N) is 1. The van der Waals surface area contributed by atoms with E-state index in [0.717, 1.165) is 16.8 Å². The monoisotopic (exact) mass is 203 g/mol. The second-order valence-electron chi connectivity index (χ2n) is 3.21. The van der Waals surface area contributed by atoms with Crippen molar-refractivity contribution in [2.45, 2.75) is 6.92 Å². The van der Waals surface area contributed by atoms with Crippen LogP contribution in [-0.4, -0.2) is 15.1 Å². The molecule has 5 heteroatoms. The molecule has 0 unspecified atom stereocenters. The van der Waals surface area contributed by atoms with Crippen molar-refractivity contribution in [2.24, 2.45) is 0 Å². The number of non-ortho nitro benzene ring substituents is 1. The molecule has 0 saturated heterocycles. The van der Waals surface area contributed by atoms with Gasteiger partial charge in [-0.25, -0.2) is 0 Å². The highest BCUT2D eigenvalue weighted by Gasteiger charge is 2.07. The number of aromatic amines is 1. The summed E-state index contributed by atoms with van der Waals surface area (Å²) in [6.07, 6.45) is 1.70. The molecule has 0 fully saturated rings. The highest BCUT2D eigenvalue weighted by atomic mass is 16.6. The molecule has 2 rings (SSSR count). The van der Waals surface area contributed by atoms with Crippen molar-refractivity contribution in [3.8, 4) is 11.1 Å². The lowest BCUT2D eigenvalue weighted by molar-refractivity contribution is -0.384. The Labute approximate surface area is 85.9 Å². The molecule has 0 amide bonds. The van der Waals surface area contributed by atoms with Crippen LogP contribution in [0.15, 0.2) is 30.5 Å². The molecular weight excluding hydrogens is 194 g/mol. The van der Waals surface area contributed by atoms with E-state index >= 15 is 0 Å². The number of nitro groups is 1. The molecule has 0 aliphatic heterocycles. The van der Waals surface area contributed by atoms with E-state index in [-0.39, 0.29) is 5.69 Å². The molecule has 0 spiro atoms. The van der Waals surface area contributed by atoms with Crippen molar-refractivity contribution in [1.29, 1.82) is 0 Å². The van der Waals surface area contributed by atoms with Crippen molar-refractivity contribution >= 4 is 5.69 Å². The van der Waals surface area contributed by atoms with E-state index in [4.69, 9.17) is 0 Å². The quantitative estimate of drug-likeness (QED) is 0.601. The molecule has 0 aliphatic rings. The first kappa shape index (κ1) is 9.39. The normalized spacial score (nSPS) is 10.2. The number of aromatic nitrogens is 2. The first-order valence-electron chi connectivity index (χ1n) is 4.43. The average Bonchev–Trinajstić information content (AvgIpc) is 2.65. The Kier molecular flexibility index (Phi) is 2.21. The van der Waals surface area contributed by atoms with Crippen LogP contribution in [0, 0.1) is 17.0 Å². The molecule has 0 radical (unpaired) electrons. The summed E-state index contributed by atoms with van der Waals surface area (Å²) < 4.78 is 0. The maximum atomic E-state index is 10.5. The number of H-pyrrole nitrogens is 1. The van der Waals surface area contributed by atoms with Crippen LogP contribution in [0.4, 0.5) is 5.69 Å². The lowest BCUT2D eigenvalue weighted by Crippen LogP contribution is -1.87. The summed E-state index contributed by atoms with van der Waals surface area (Å²) in [5.41, 5.74) is 2.93. The highest BCUT2D eigenvalue weighted by molar-refractivity contribution is 5.66. The predicted octanol–water partition coefficient (Wildman–Crippen LogP) is 2.29. The van der Waals surface area contributed by atoms with Gasteiger partial charge in [-0.05, 0) is 24.6 Å². The lowest BCUT2D eigenvalue weighted by Gasteiger charge is -1.98. The Morgan fingerprint density at radius 3 is 2.47 bits per heavy atom. The van der Waals surface area contributed by atoms with Gasteiger partial charge in [0.1, 0.15) is 0 Å². The Bertz CT molecular complexity index is 488. The van der Waals surface area contributed by atoms with Crippen LogP contribution in [-0.2, 0) is 0 Å². The third-order valence-electron chi connectivity index (χ3n) is 2.22. The Morgan fingerprint density at radius 1 is 1.33 bits per heavy atom. The molecule has 0 aliphatic carbocycles. The minimum atomic E-state index is -0.411. The van der Waals surface area contributed by atoms with Gasteiger partial charge in [0, 0.05) is 23.4 Å². The number of aryl methyl sites for hydroxylation is 1. The number of nitro benzene ring substituents is 1. The van der Waals surface area contributed by atoms with Crippen LogP contribution in [0.3, 0.4) is 0 Å². The number of nitrogens with zero attached hydrogens (tertiary/aromatic N) is 2. The van der Waals surface area contributed by atoms with Crippen molar-refractivity contribution in [1.82, 2.24) is 10.2 Å². The van der Waals surface area contributed by atoms with Crippen LogP contribution in [0.1, 0.15) is 5.69 Å². The minimum absolute atomic E-state index is 0.0971. The fourth-order valence-corrected chi connectivity index (χ4v) is 1.40. The summed E-state index contributed by atoms with van der Waals surface area (Å²) in [5.74, 6) is 0. The maximum absolute atomic E-state index is 10.5. The lowest BCUT2D eigenvalue weighted by atomic mass is 10.1. The number of benzene rings is 1. The fraction of sp³-hybridized carbons (Fsp3) is 0.100. The van der Waals surface area contributed by atoms with Crippen LogP contribution >= 0.6 is 0 Å².